The van der Waals surface area contributed by atoms with E-state index in [1.807, 2.05) is 7.05 Å². The highest BCUT2D eigenvalue weighted by Crippen LogP contribution is 1.92. The van der Waals surface area contributed by atoms with E-state index in [2.05, 4.69) is 17.2 Å². The maximum Gasteiger partial charge on any atom is 0.347 e. The van der Waals surface area contributed by atoms with Crippen LogP contribution in [0.4, 0.5) is 0 Å². The molecule has 1 aromatic heterocycles. The van der Waals surface area contributed by atoms with E-state index in [1.165, 1.54) is 6.20 Å². The molecule has 13 heavy (non-hydrogen) atoms. The molecule has 0 saturated heterocycles. The number of hydrogen-bond donors (Lipinski definition) is 1. The lowest BCUT2D eigenvalue weighted by molar-refractivity contribution is 0.456. The third kappa shape index (κ3) is 2.66. The van der Waals surface area contributed by atoms with Crippen molar-refractivity contribution in [3.05, 3.63) is 28.9 Å². The van der Waals surface area contributed by atoms with Crippen molar-refractivity contribution in [2.45, 2.75) is 25.9 Å². The maximum atomic E-state index is 11.2. The minimum Gasteiger partial charge on any atom is -0.315 e. The molecule has 0 bridgehead atoms. The summed E-state index contributed by atoms with van der Waals surface area (Å²) < 4.78 is 1.62. The van der Waals surface area contributed by atoms with E-state index in [9.17, 15) is 4.79 Å². The molecule has 1 rings (SSSR count). The SMILES string of the molecule is CCC(Cn1cccnc1=O)NC. The summed E-state index contributed by atoms with van der Waals surface area (Å²) in [6, 6.07) is 2.10. The molecule has 1 N–H and O–H groups in total. The highest BCUT2D eigenvalue weighted by molar-refractivity contribution is 4.82. The van der Waals surface area contributed by atoms with E-state index in [4.69, 9.17) is 0 Å². The van der Waals surface area contributed by atoms with Gasteiger partial charge in [0.15, 0.2) is 0 Å². The molecule has 0 aliphatic heterocycles. The van der Waals surface area contributed by atoms with Crippen LogP contribution in [0.25, 0.3) is 0 Å². The fourth-order valence-corrected chi connectivity index (χ4v) is 1.19. The summed E-state index contributed by atoms with van der Waals surface area (Å²) in [6.45, 7) is 2.77. The predicted octanol–water partition coefficient (Wildman–Crippen LogP) is 0.241. The Morgan fingerprint density at radius 2 is 2.46 bits per heavy atom. The molecule has 0 spiro atoms. The predicted molar refractivity (Wildman–Crippen MR) is 51.6 cm³/mol. The molecule has 1 unspecified atom stereocenters. The highest BCUT2D eigenvalue weighted by Gasteiger charge is 2.04. The maximum absolute atomic E-state index is 11.2. The number of rotatable bonds is 4. The summed E-state index contributed by atoms with van der Waals surface area (Å²) >= 11 is 0. The van der Waals surface area contributed by atoms with Crippen LogP contribution in [-0.4, -0.2) is 22.6 Å². The summed E-state index contributed by atoms with van der Waals surface area (Å²) in [7, 11) is 1.90. The largest absolute Gasteiger partial charge is 0.347 e. The standard InChI is InChI=1S/C9H15N3O/c1-3-8(10-2)7-12-6-4-5-11-9(12)13/h4-6,8,10H,3,7H2,1-2H3. The first-order valence-corrected chi connectivity index (χ1v) is 4.46. The molecule has 1 heterocycles. The van der Waals surface area contributed by atoms with E-state index in [1.54, 1.807) is 16.8 Å². The molecule has 4 nitrogen and oxygen atoms in total. The smallest absolute Gasteiger partial charge is 0.315 e. The lowest BCUT2D eigenvalue weighted by Gasteiger charge is -2.14. The third-order valence-electron chi connectivity index (χ3n) is 2.10. The second-order valence-electron chi connectivity index (χ2n) is 2.95. The Bertz CT molecular complexity index is 304. The van der Waals surface area contributed by atoms with E-state index in [-0.39, 0.29) is 5.69 Å². The van der Waals surface area contributed by atoms with Gasteiger partial charge >= 0.3 is 5.69 Å². The summed E-state index contributed by atoms with van der Waals surface area (Å²) in [4.78, 5) is 14.9. The molecule has 0 aliphatic carbocycles. The summed E-state index contributed by atoms with van der Waals surface area (Å²) in [5.41, 5.74) is -0.184. The van der Waals surface area contributed by atoms with Crippen molar-refractivity contribution >= 4 is 0 Å². The third-order valence-corrected chi connectivity index (χ3v) is 2.10. The molecule has 0 aromatic carbocycles. The first kappa shape index (κ1) is 9.92. The Morgan fingerprint density at radius 1 is 1.69 bits per heavy atom. The van der Waals surface area contributed by atoms with Gasteiger partial charge in [-0.05, 0) is 19.5 Å². The van der Waals surface area contributed by atoms with Crippen molar-refractivity contribution in [1.29, 1.82) is 0 Å². The highest BCUT2D eigenvalue weighted by atomic mass is 16.1. The number of aromatic nitrogens is 2. The normalized spacial score (nSPS) is 12.8. The van der Waals surface area contributed by atoms with Crippen molar-refractivity contribution in [3.8, 4) is 0 Å². The van der Waals surface area contributed by atoms with E-state index in [0.717, 1.165) is 6.42 Å². The Balaban J connectivity index is 2.73. The average molecular weight is 181 g/mol. The lowest BCUT2D eigenvalue weighted by atomic mass is 10.2. The molecule has 1 atom stereocenters. The number of likely N-dealkylation sites (N-methyl/N-ethyl adjacent to an activating group) is 1. The van der Waals surface area contributed by atoms with Gasteiger partial charge in [0.2, 0.25) is 0 Å². The van der Waals surface area contributed by atoms with Crippen LogP contribution in [0.2, 0.25) is 0 Å². The van der Waals surface area contributed by atoms with Crippen LogP contribution < -0.4 is 11.0 Å². The second-order valence-corrected chi connectivity index (χ2v) is 2.95. The van der Waals surface area contributed by atoms with Gasteiger partial charge < -0.3 is 5.32 Å². The average Bonchev–Trinajstić information content (AvgIpc) is 2.17. The zero-order valence-electron chi connectivity index (χ0n) is 8.03. The lowest BCUT2D eigenvalue weighted by Crippen LogP contribution is -2.34. The van der Waals surface area contributed by atoms with Crippen LogP contribution in [0.3, 0.4) is 0 Å². The van der Waals surface area contributed by atoms with Gasteiger partial charge in [0, 0.05) is 25.0 Å². The summed E-state index contributed by atoms with van der Waals surface area (Å²) in [6.07, 6.45) is 4.27. The van der Waals surface area contributed by atoms with Gasteiger partial charge in [-0.25, -0.2) is 9.78 Å². The molecule has 72 valence electrons. The monoisotopic (exact) mass is 181 g/mol. The van der Waals surface area contributed by atoms with Crippen LogP contribution in [0.15, 0.2) is 23.3 Å². The summed E-state index contributed by atoms with van der Waals surface area (Å²) in [5, 5.41) is 3.14. The van der Waals surface area contributed by atoms with Crippen LogP contribution in [-0.2, 0) is 6.54 Å². The molecule has 0 saturated carbocycles. The fourth-order valence-electron chi connectivity index (χ4n) is 1.19. The van der Waals surface area contributed by atoms with Crippen LogP contribution in [0.1, 0.15) is 13.3 Å². The van der Waals surface area contributed by atoms with Crippen molar-refractivity contribution in [2.75, 3.05) is 7.05 Å². The molecular weight excluding hydrogens is 166 g/mol. The molecule has 4 heteroatoms. The Hall–Kier alpha value is -1.16. The summed E-state index contributed by atoms with van der Waals surface area (Å²) in [5.74, 6) is 0. The van der Waals surface area contributed by atoms with Crippen LogP contribution >= 0.6 is 0 Å². The Kier molecular flexibility index (Phi) is 3.64. The first-order chi connectivity index (χ1) is 6.27. The number of nitrogens with zero attached hydrogens (tertiary/aromatic N) is 2. The molecular formula is C9H15N3O. The fraction of sp³-hybridized carbons (Fsp3) is 0.556. The van der Waals surface area contributed by atoms with Gasteiger partial charge in [0.05, 0.1) is 0 Å². The topological polar surface area (TPSA) is 46.9 Å². The van der Waals surface area contributed by atoms with E-state index in [0.29, 0.717) is 12.6 Å². The van der Waals surface area contributed by atoms with Gasteiger partial charge in [0.1, 0.15) is 0 Å². The van der Waals surface area contributed by atoms with E-state index < -0.39 is 0 Å². The minimum atomic E-state index is -0.184. The molecule has 0 amide bonds. The van der Waals surface area contributed by atoms with E-state index >= 15 is 0 Å². The number of nitrogens with one attached hydrogen (secondary N) is 1. The molecule has 0 radical (unpaired) electrons. The Morgan fingerprint density at radius 3 is 3.00 bits per heavy atom. The van der Waals surface area contributed by atoms with Gasteiger partial charge in [-0.1, -0.05) is 6.92 Å². The number of hydrogen-bond acceptors (Lipinski definition) is 3. The van der Waals surface area contributed by atoms with Gasteiger partial charge in [-0.2, -0.15) is 0 Å². The zero-order chi connectivity index (χ0) is 9.68. The van der Waals surface area contributed by atoms with Gasteiger partial charge in [-0.15, -0.1) is 0 Å². The van der Waals surface area contributed by atoms with Crippen molar-refractivity contribution in [2.24, 2.45) is 0 Å². The quantitative estimate of drug-likeness (QED) is 0.724. The van der Waals surface area contributed by atoms with Crippen molar-refractivity contribution in [1.82, 2.24) is 14.9 Å². The van der Waals surface area contributed by atoms with Crippen LogP contribution in [0, 0.1) is 0 Å². The van der Waals surface area contributed by atoms with Gasteiger partial charge in [0.25, 0.3) is 0 Å². The van der Waals surface area contributed by atoms with Crippen molar-refractivity contribution in [3.63, 3.8) is 0 Å². The van der Waals surface area contributed by atoms with Gasteiger partial charge in [-0.3, -0.25) is 4.57 Å². The Labute approximate surface area is 77.6 Å². The minimum absolute atomic E-state index is 0.184. The van der Waals surface area contributed by atoms with Crippen LogP contribution in [0.5, 0.6) is 0 Å². The molecule has 1 aromatic rings. The molecule has 0 fully saturated rings. The molecule has 0 aliphatic rings. The second kappa shape index (κ2) is 4.77. The first-order valence-electron chi connectivity index (χ1n) is 4.46. The van der Waals surface area contributed by atoms with Crippen molar-refractivity contribution < 1.29 is 0 Å². The zero-order valence-corrected chi connectivity index (χ0v) is 8.03.